The molecular formula is C24H43N3O. The fourth-order valence-corrected chi connectivity index (χ4v) is 2.56. The number of aryl methyl sites for hydroxylation is 2. The molecule has 0 saturated heterocycles. The van der Waals surface area contributed by atoms with E-state index >= 15 is 0 Å². The van der Waals surface area contributed by atoms with E-state index in [9.17, 15) is 4.79 Å². The zero-order valence-electron chi connectivity index (χ0n) is 19.6. The van der Waals surface area contributed by atoms with Crippen LogP contribution in [0, 0.1) is 19.8 Å². The number of carbonyl (C=O) groups excluding carboxylic acids is 1. The Bertz CT molecular complexity index is 641. The Morgan fingerprint density at radius 1 is 1.04 bits per heavy atom. The van der Waals surface area contributed by atoms with Gasteiger partial charge >= 0.3 is 0 Å². The van der Waals surface area contributed by atoms with Crippen molar-refractivity contribution in [2.45, 2.75) is 75.3 Å². The van der Waals surface area contributed by atoms with Crippen LogP contribution in [0.5, 0.6) is 0 Å². The molecule has 160 valence electrons. The number of benzene rings is 1. The topological polar surface area (TPSA) is 95.1 Å². The fraction of sp³-hybridized carbons (Fsp3) is 0.542. The third-order valence-corrected chi connectivity index (χ3v) is 3.81. The van der Waals surface area contributed by atoms with Crippen LogP contribution >= 0.6 is 0 Å². The lowest BCUT2D eigenvalue weighted by molar-refractivity contribution is -0.114. The first kappa shape index (κ1) is 28.3. The molecule has 4 nitrogen and oxygen atoms in total. The van der Waals surface area contributed by atoms with E-state index in [0.29, 0.717) is 18.7 Å². The molecule has 0 aliphatic rings. The van der Waals surface area contributed by atoms with Crippen molar-refractivity contribution in [3.63, 3.8) is 0 Å². The quantitative estimate of drug-likeness (QED) is 0.503. The maximum absolute atomic E-state index is 10.9. The Labute approximate surface area is 173 Å². The monoisotopic (exact) mass is 389 g/mol. The maximum Gasteiger partial charge on any atom is 0.248 e. The van der Waals surface area contributed by atoms with Crippen LogP contribution in [-0.4, -0.2) is 12.5 Å². The summed E-state index contributed by atoms with van der Waals surface area (Å²) in [4.78, 5) is 10.9. The minimum absolute atomic E-state index is 0.363. The lowest BCUT2D eigenvalue weighted by Crippen LogP contribution is -2.17. The van der Waals surface area contributed by atoms with Crippen molar-refractivity contribution in [3.05, 3.63) is 57.2 Å². The second-order valence-corrected chi connectivity index (χ2v) is 7.98. The van der Waals surface area contributed by atoms with Crippen LogP contribution < -0.4 is 17.2 Å². The van der Waals surface area contributed by atoms with E-state index in [1.54, 1.807) is 13.0 Å². The number of nitrogens with two attached hydrogens (primary N) is 3. The zero-order valence-corrected chi connectivity index (χ0v) is 19.6. The van der Waals surface area contributed by atoms with Crippen molar-refractivity contribution in [2.75, 3.05) is 6.54 Å². The summed E-state index contributed by atoms with van der Waals surface area (Å²) >= 11 is 0. The molecule has 28 heavy (non-hydrogen) atoms. The highest BCUT2D eigenvalue weighted by Crippen LogP contribution is 2.16. The summed E-state index contributed by atoms with van der Waals surface area (Å²) in [5.74, 6) is 0.416. The molecule has 0 atom stereocenters. The van der Waals surface area contributed by atoms with Gasteiger partial charge in [0.15, 0.2) is 0 Å². The van der Waals surface area contributed by atoms with Gasteiger partial charge in [0, 0.05) is 18.7 Å². The van der Waals surface area contributed by atoms with Crippen LogP contribution in [0.15, 0.2) is 34.9 Å². The van der Waals surface area contributed by atoms with E-state index in [4.69, 9.17) is 17.2 Å². The summed E-state index contributed by atoms with van der Waals surface area (Å²) in [5.41, 5.74) is 24.0. The van der Waals surface area contributed by atoms with Crippen molar-refractivity contribution < 1.29 is 4.79 Å². The molecule has 0 radical (unpaired) electrons. The Balaban J connectivity index is 0. The number of amides is 1. The molecule has 0 unspecified atom stereocenters. The zero-order chi connectivity index (χ0) is 22.4. The first-order chi connectivity index (χ1) is 12.9. The molecule has 0 aliphatic carbocycles. The molecule has 0 aromatic heterocycles. The molecule has 1 amide bonds. The first-order valence-electron chi connectivity index (χ1n) is 10.0. The Hall–Kier alpha value is -1.91. The molecule has 1 rings (SSSR count). The van der Waals surface area contributed by atoms with Gasteiger partial charge in [-0.1, -0.05) is 51.5 Å². The van der Waals surface area contributed by atoms with Crippen LogP contribution in [0.25, 0.3) is 0 Å². The van der Waals surface area contributed by atoms with Crippen molar-refractivity contribution >= 4 is 5.91 Å². The standard InChI is InChI=1S/C11H17N.C9H16N2O.C4H10/c1-4-11-8(2)5-10(7-12)6-9(11)3;1-6(2)4-8(9(11)12)7(3)5-10;1-4(2)3/h5-6H,4,7,12H2,1-3H3;4H,5,10H2,1-3H3,(H2,11,12);4H,1-3H3/b;8-7+;. The molecule has 1 aromatic rings. The molecule has 0 bridgehead atoms. The van der Waals surface area contributed by atoms with Crippen LogP contribution in [0.2, 0.25) is 0 Å². The molecule has 0 fully saturated rings. The van der Waals surface area contributed by atoms with Gasteiger partial charge in [-0.05, 0) is 74.8 Å². The number of hydrogen-bond acceptors (Lipinski definition) is 3. The average Bonchev–Trinajstić information content (AvgIpc) is 2.58. The largest absolute Gasteiger partial charge is 0.366 e. The minimum atomic E-state index is -0.417. The van der Waals surface area contributed by atoms with E-state index in [-0.39, 0.29) is 0 Å². The van der Waals surface area contributed by atoms with Gasteiger partial charge in [0.2, 0.25) is 5.91 Å². The molecule has 0 aliphatic heterocycles. The molecule has 4 heteroatoms. The van der Waals surface area contributed by atoms with E-state index < -0.39 is 5.91 Å². The molecule has 0 heterocycles. The normalized spacial score (nSPS) is 10.9. The third-order valence-electron chi connectivity index (χ3n) is 3.81. The highest BCUT2D eigenvalue weighted by molar-refractivity contribution is 5.95. The smallest absolute Gasteiger partial charge is 0.248 e. The molecule has 1 aromatic carbocycles. The highest BCUT2D eigenvalue weighted by atomic mass is 16.1. The van der Waals surface area contributed by atoms with E-state index in [0.717, 1.165) is 23.5 Å². The van der Waals surface area contributed by atoms with Crippen LogP contribution in [0.3, 0.4) is 0 Å². The number of primary amides is 1. The summed E-state index contributed by atoms with van der Waals surface area (Å²) in [6.45, 7) is 19.6. The van der Waals surface area contributed by atoms with Crippen LogP contribution in [-0.2, 0) is 17.8 Å². The van der Waals surface area contributed by atoms with E-state index in [2.05, 4.69) is 53.7 Å². The predicted molar refractivity (Wildman–Crippen MR) is 124 cm³/mol. The van der Waals surface area contributed by atoms with Gasteiger partial charge in [-0.25, -0.2) is 0 Å². The predicted octanol–water partition coefficient (Wildman–Crippen LogP) is 4.70. The van der Waals surface area contributed by atoms with Crippen molar-refractivity contribution in [1.29, 1.82) is 0 Å². The van der Waals surface area contributed by atoms with Gasteiger partial charge in [0.25, 0.3) is 0 Å². The fourth-order valence-electron chi connectivity index (χ4n) is 2.56. The molecule has 0 spiro atoms. The van der Waals surface area contributed by atoms with Gasteiger partial charge in [0.05, 0.1) is 0 Å². The lowest BCUT2D eigenvalue weighted by atomic mass is 9.98. The summed E-state index contributed by atoms with van der Waals surface area (Å²) in [7, 11) is 0. The number of carbonyl (C=O) groups is 1. The summed E-state index contributed by atoms with van der Waals surface area (Å²) in [5, 5.41) is 0. The second kappa shape index (κ2) is 15.1. The molecule has 0 saturated carbocycles. The summed E-state index contributed by atoms with van der Waals surface area (Å²) < 4.78 is 0. The molecule has 6 N–H and O–H groups in total. The number of rotatable bonds is 5. The number of allylic oxidation sites excluding steroid dienone is 1. The van der Waals surface area contributed by atoms with Gasteiger partial charge < -0.3 is 17.2 Å². The van der Waals surface area contributed by atoms with Crippen LogP contribution in [0.4, 0.5) is 0 Å². The number of hydrogen-bond donors (Lipinski definition) is 3. The SMILES string of the molecule is CC(C)=C/C(C(N)=O)=C(/C)CN.CC(C)C.CCc1c(C)cc(CN)cc1C. The summed E-state index contributed by atoms with van der Waals surface area (Å²) in [6.07, 6.45) is 2.87. The first-order valence-corrected chi connectivity index (χ1v) is 10.0. The second-order valence-electron chi connectivity index (χ2n) is 7.98. The third kappa shape index (κ3) is 12.5. The van der Waals surface area contributed by atoms with Gasteiger partial charge in [-0.3, -0.25) is 4.79 Å². The van der Waals surface area contributed by atoms with Crippen molar-refractivity contribution in [2.24, 2.45) is 23.1 Å². The average molecular weight is 390 g/mol. The van der Waals surface area contributed by atoms with E-state index in [1.165, 1.54) is 22.3 Å². The Morgan fingerprint density at radius 3 is 1.71 bits per heavy atom. The molecular weight excluding hydrogens is 346 g/mol. The van der Waals surface area contributed by atoms with Gasteiger partial charge in [-0.2, -0.15) is 0 Å². The Morgan fingerprint density at radius 2 is 1.46 bits per heavy atom. The van der Waals surface area contributed by atoms with Gasteiger partial charge in [0.1, 0.15) is 0 Å². The highest BCUT2D eigenvalue weighted by Gasteiger charge is 2.04. The minimum Gasteiger partial charge on any atom is -0.366 e. The lowest BCUT2D eigenvalue weighted by Gasteiger charge is -2.09. The summed E-state index contributed by atoms with van der Waals surface area (Å²) in [6, 6.07) is 4.37. The Kier molecular flexibility index (Phi) is 15.2. The van der Waals surface area contributed by atoms with Crippen molar-refractivity contribution in [3.8, 4) is 0 Å². The van der Waals surface area contributed by atoms with Crippen molar-refractivity contribution in [1.82, 2.24) is 0 Å². The van der Waals surface area contributed by atoms with Crippen LogP contribution in [0.1, 0.15) is 70.7 Å². The van der Waals surface area contributed by atoms with Gasteiger partial charge in [-0.15, -0.1) is 0 Å². The van der Waals surface area contributed by atoms with E-state index in [1.807, 2.05) is 13.8 Å². The maximum atomic E-state index is 10.9.